The summed E-state index contributed by atoms with van der Waals surface area (Å²) in [6.07, 6.45) is 0. The molecule has 0 saturated carbocycles. The Morgan fingerprint density at radius 1 is 0.957 bits per heavy atom. The Bertz CT molecular complexity index is 702. The van der Waals surface area contributed by atoms with E-state index in [0.717, 1.165) is 22.4 Å². The molecule has 0 atom stereocenters. The van der Waals surface area contributed by atoms with Gasteiger partial charge in [0.25, 0.3) is 0 Å². The number of hydrogen-bond acceptors (Lipinski definition) is 4. The van der Waals surface area contributed by atoms with Gasteiger partial charge in [0.1, 0.15) is 5.75 Å². The normalized spacial score (nSPS) is 11.5. The van der Waals surface area contributed by atoms with Crippen LogP contribution < -0.4 is 10.0 Å². The van der Waals surface area contributed by atoms with Gasteiger partial charge in [0.05, 0.1) is 25.6 Å². The Hall–Kier alpha value is -1.61. The lowest BCUT2D eigenvalue weighted by molar-refractivity contribution is 0.230. The van der Waals surface area contributed by atoms with E-state index in [4.69, 9.17) is 13.8 Å². The smallest absolute Gasteiger partial charge is 0.361 e. The van der Waals surface area contributed by atoms with Crippen LogP contribution >= 0.6 is 7.60 Å². The summed E-state index contributed by atoms with van der Waals surface area (Å²) in [4.78, 5) is 0. The van der Waals surface area contributed by atoms with Crippen LogP contribution in [0.1, 0.15) is 19.4 Å². The van der Waals surface area contributed by atoms with Crippen molar-refractivity contribution in [1.29, 1.82) is 0 Å². The molecule has 0 aliphatic heterocycles. The van der Waals surface area contributed by atoms with E-state index < -0.39 is 7.60 Å². The highest BCUT2D eigenvalue weighted by molar-refractivity contribution is 7.62. The summed E-state index contributed by atoms with van der Waals surface area (Å²) in [5, 5.41) is 0.566. The van der Waals surface area contributed by atoms with Gasteiger partial charge in [0, 0.05) is 11.1 Å². The molecule has 0 aromatic heterocycles. The molecular weight excluding hydrogens is 311 g/mol. The maximum atomic E-state index is 13.2. The zero-order chi connectivity index (χ0) is 16.9. The average Bonchev–Trinajstić information content (AvgIpc) is 2.55. The van der Waals surface area contributed by atoms with E-state index in [-0.39, 0.29) is 0 Å². The fraction of sp³-hybridized carbons (Fsp3) is 0.333. The highest BCUT2D eigenvalue weighted by atomic mass is 31.2. The monoisotopic (exact) mass is 334 g/mol. The second-order valence-corrected chi connectivity index (χ2v) is 7.00. The molecule has 0 saturated heterocycles. The molecule has 0 spiro atoms. The molecule has 0 fully saturated rings. The summed E-state index contributed by atoms with van der Waals surface area (Å²) >= 11 is 0. The molecular formula is C18H23O4P. The van der Waals surface area contributed by atoms with Crippen LogP contribution in [0.5, 0.6) is 5.75 Å². The topological polar surface area (TPSA) is 44.8 Å². The third kappa shape index (κ3) is 3.66. The quantitative estimate of drug-likeness (QED) is 0.696. The van der Waals surface area contributed by atoms with Gasteiger partial charge in [-0.15, -0.1) is 0 Å². The van der Waals surface area contributed by atoms with Crippen LogP contribution in [0.3, 0.4) is 0 Å². The number of aryl methyl sites for hydroxylation is 1. The maximum Gasteiger partial charge on any atom is 0.361 e. The van der Waals surface area contributed by atoms with E-state index >= 15 is 0 Å². The van der Waals surface area contributed by atoms with Gasteiger partial charge in [0.15, 0.2) is 0 Å². The largest absolute Gasteiger partial charge is 0.496 e. The first-order chi connectivity index (χ1) is 11.1. The number of hydrogen-bond donors (Lipinski definition) is 0. The predicted octanol–water partition coefficient (Wildman–Crippen LogP) is 4.56. The minimum absolute atomic E-state index is 0.316. The summed E-state index contributed by atoms with van der Waals surface area (Å²) in [6.45, 7) is 6.25. The maximum absolute atomic E-state index is 13.2. The molecule has 0 aliphatic carbocycles. The lowest BCUT2D eigenvalue weighted by Crippen LogP contribution is -2.14. The second-order valence-electron chi connectivity index (χ2n) is 5.00. The number of benzene rings is 2. The summed E-state index contributed by atoms with van der Waals surface area (Å²) in [6, 6.07) is 13.3. The standard InChI is InChI=1S/C18H23O4P/c1-5-21-23(19,22-6-2)17-13-8-7-11-15(17)18-14(3)10-9-12-16(18)20-4/h7-13H,5-6H2,1-4H3. The third-order valence-electron chi connectivity index (χ3n) is 3.52. The molecule has 0 radical (unpaired) electrons. The minimum Gasteiger partial charge on any atom is -0.496 e. The van der Waals surface area contributed by atoms with E-state index in [2.05, 4.69) is 0 Å². The van der Waals surface area contributed by atoms with Gasteiger partial charge in [-0.05, 0) is 38.5 Å². The van der Waals surface area contributed by atoms with Crippen molar-refractivity contribution < 1.29 is 18.3 Å². The molecule has 2 rings (SSSR count). The van der Waals surface area contributed by atoms with Crippen molar-refractivity contribution in [1.82, 2.24) is 0 Å². The number of rotatable bonds is 7. The minimum atomic E-state index is -3.38. The third-order valence-corrected chi connectivity index (χ3v) is 5.70. The fourth-order valence-corrected chi connectivity index (χ4v) is 4.38. The van der Waals surface area contributed by atoms with E-state index in [1.165, 1.54) is 0 Å². The van der Waals surface area contributed by atoms with Crippen molar-refractivity contribution in [2.24, 2.45) is 0 Å². The Kier molecular flexibility index (Phi) is 6.00. The van der Waals surface area contributed by atoms with E-state index in [0.29, 0.717) is 18.5 Å². The Morgan fingerprint density at radius 3 is 2.22 bits per heavy atom. The molecule has 23 heavy (non-hydrogen) atoms. The van der Waals surface area contributed by atoms with Gasteiger partial charge in [-0.2, -0.15) is 0 Å². The summed E-state index contributed by atoms with van der Waals surface area (Å²) in [5.41, 5.74) is 2.76. The highest BCUT2D eigenvalue weighted by Crippen LogP contribution is 2.50. The van der Waals surface area contributed by atoms with Crippen molar-refractivity contribution in [3.63, 3.8) is 0 Å². The summed E-state index contributed by atoms with van der Waals surface area (Å²) in [5.74, 6) is 0.733. The van der Waals surface area contributed by atoms with Crippen LogP contribution in [0.25, 0.3) is 11.1 Å². The van der Waals surface area contributed by atoms with E-state index in [1.807, 2.05) is 57.2 Å². The zero-order valence-electron chi connectivity index (χ0n) is 14.0. The van der Waals surface area contributed by atoms with Crippen LogP contribution in [0.2, 0.25) is 0 Å². The molecule has 4 nitrogen and oxygen atoms in total. The van der Waals surface area contributed by atoms with Crippen molar-refractivity contribution in [2.75, 3.05) is 20.3 Å². The lowest BCUT2D eigenvalue weighted by Gasteiger charge is -2.21. The number of ether oxygens (including phenoxy) is 1. The first-order valence-corrected chi connectivity index (χ1v) is 9.24. The van der Waals surface area contributed by atoms with Gasteiger partial charge in [-0.25, -0.2) is 0 Å². The molecule has 2 aromatic rings. The zero-order valence-corrected chi connectivity index (χ0v) is 14.9. The predicted molar refractivity (Wildman–Crippen MR) is 93.7 cm³/mol. The molecule has 0 N–H and O–H groups in total. The average molecular weight is 334 g/mol. The van der Waals surface area contributed by atoms with Crippen LogP contribution in [-0.4, -0.2) is 20.3 Å². The first kappa shape index (κ1) is 17.7. The summed E-state index contributed by atoms with van der Waals surface area (Å²) in [7, 11) is -1.75. The molecule has 0 amide bonds. The van der Waals surface area contributed by atoms with Crippen LogP contribution in [0, 0.1) is 6.92 Å². The van der Waals surface area contributed by atoms with Crippen LogP contribution in [0.4, 0.5) is 0 Å². The van der Waals surface area contributed by atoms with Gasteiger partial charge in [-0.1, -0.05) is 30.3 Å². The van der Waals surface area contributed by atoms with Crippen LogP contribution in [-0.2, 0) is 13.6 Å². The fourth-order valence-electron chi connectivity index (χ4n) is 2.60. The molecule has 0 aliphatic rings. The molecule has 2 aromatic carbocycles. The van der Waals surface area contributed by atoms with Gasteiger partial charge >= 0.3 is 7.60 Å². The highest BCUT2D eigenvalue weighted by Gasteiger charge is 2.30. The van der Waals surface area contributed by atoms with Crippen LogP contribution in [0.15, 0.2) is 42.5 Å². The van der Waals surface area contributed by atoms with Crippen molar-refractivity contribution in [3.8, 4) is 16.9 Å². The summed E-state index contributed by atoms with van der Waals surface area (Å²) < 4.78 is 29.8. The van der Waals surface area contributed by atoms with Gasteiger partial charge < -0.3 is 13.8 Å². The molecule has 0 heterocycles. The Morgan fingerprint density at radius 2 is 1.61 bits per heavy atom. The van der Waals surface area contributed by atoms with Crippen molar-refractivity contribution in [3.05, 3.63) is 48.0 Å². The lowest BCUT2D eigenvalue weighted by atomic mass is 9.99. The second kappa shape index (κ2) is 7.78. The SMILES string of the molecule is CCOP(=O)(OCC)c1ccccc1-c1c(C)cccc1OC. The first-order valence-electron chi connectivity index (χ1n) is 7.70. The number of methoxy groups -OCH3 is 1. The molecule has 124 valence electrons. The molecule has 5 heteroatoms. The van der Waals surface area contributed by atoms with Crippen molar-refractivity contribution in [2.45, 2.75) is 20.8 Å². The van der Waals surface area contributed by atoms with E-state index in [9.17, 15) is 4.57 Å². The molecule has 0 bridgehead atoms. The molecule has 0 unspecified atom stereocenters. The Balaban J connectivity index is 2.70. The van der Waals surface area contributed by atoms with Crippen molar-refractivity contribution >= 4 is 12.9 Å². The van der Waals surface area contributed by atoms with Gasteiger partial charge in [-0.3, -0.25) is 4.57 Å². The Labute approximate surface area is 137 Å². The van der Waals surface area contributed by atoms with Gasteiger partial charge in [0.2, 0.25) is 0 Å². The van der Waals surface area contributed by atoms with E-state index in [1.54, 1.807) is 13.2 Å².